The molecule has 0 radical (unpaired) electrons. The molecule has 10 heteroatoms. The second-order valence-electron chi connectivity index (χ2n) is 9.77. The van der Waals surface area contributed by atoms with Crippen molar-refractivity contribution in [2.24, 2.45) is 0 Å². The van der Waals surface area contributed by atoms with E-state index in [1.54, 1.807) is 61.5 Å². The minimum Gasteiger partial charge on any atom is -0.352 e. The fourth-order valence-corrected chi connectivity index (χ4v) is 5.63. The van der Waals surface area contributed by atoms with E-state index in [9.17, 15) is 18.0 Å². The van der Waals surface area contributed by atoms with Crippen LogP contribution in [0.25, 0.3) is 0 Å². The SMILES string of the molecule is Cc1ccc(N(CC(=O)N(Cc2ccc(Cl)c(Cl)c2)C(C)C(=O)NC(C)C)S(=O)(=O)c2ccc(C)cc2)cc1. The van der Waals surface area contributed by atoms with E-state index >= 15 is 0 Å². The molecule has 0 aromatic heterocycles. The molecule has 0 heterocycles. The first-order valence-electron chi connectivity index (χ1n) is 12.5. The number of hydrogen-bond acceptors (Lipinski definition) is 4. The van der Waals surface area contributed by atoms with E-state index in [2.05, 4.69) is 5.32 Å². The predicted molar refractivity (Wildman–Crippen MR) is 157 cm³/mol. The van der Waals surface area contributed by atoms with Gasteiger partial charge in [-0.1, -0.05) is 64.7 Å². The molecule has 0 spiro atoms. The molecule has 208 valence electrons. The highest BCUT2D eigenvalue weighted by atomic mass is 35.5. The standard InChI is InChI=1S/C29H33Cl2N3O4S/c1-19(2)32-29(36)22(5)33(17-23-10-15-26(30)27(31)16-23)28(35)18-34(24-11-6-20(3)7-12-24)39(37,38)25-13-8-21(4)9-14-25/h6-16,19,22H,17-18H2,1-5H3,(H,32,36). The van der Waals surface area contributed by atoms with Gasteiger partial charge in [-0.25, -0.2) is 8.42 Å². The van der Waals surface area contributed by atoms with Crippen LogP contribution in [-0.4, -0.2) is 43.8 Å². The zero-order valence-corrected chi connectivity index (χ0v) is 24.9. The number of carbonyl (C=O) groups is 2. The van der Waals surface area contributed by atoms with Gasteiger partial charge in [0.1, 0.15) is 12.6 Å². The van der Waals surface area contributed by atoms with E-state index in [-0.39, 0.29) is 23.4 Å². The molecule has 0 bridgehead atoms. The van der Waals surface area contributed by atoms with Crippen LogP contribution in [0, 0.1) is 13.8 Å². The molecule has 0 saturated heterocycles. The number of halogens is 2. The Kier molecular flexibility index (Phi) is 10.0. The lowest BCUT2D eigenvalue weighted by atomic mass is 10.1. The van der Waals surface area contributed by atoms with Crippen LogP contribution in [0.1, 0.15) is 37.5 Å². The summed E-state index contributed by atoms with van der Waals surface area (Å²) in [7, 11) is -4.12. The highest BCUT2D eigenvalue weighted by molar-refractivity contribution is 7.92. The van der Waals surface area contributed by atoms with Crippen LogP contribution in [0.15, 0.2) is 71.6 Å². The minimum absolute atomic E-state index is 0.0225. The molecule has 0 aliphatic rings. The van der Waals surface area contributed by atoms with Gasteiger partial charge in [-0.3, -0.25) is 13.9 Å². The highest BCUT2D eigenvalue weighted by Gasteiger charge is 2.32. The summed E-state index contributed by atoms with van der Waals surface area (Å²) in [6.07, 6.45) is 0. The van der Waals surface area contributed by atoms with Gasteiger partial charge in [-0.2, -0.15) is 0 Å². The second-order valence-corrected chi connectivity index (χ2v) is 12.4. The van der Waals surface area contributed by atoms with Crippen molar-refractivity contribution in [2.75, 3.05) is 10.8 Å². The molecular formula is C29H33Cl2N3O4S. The van der Waals surface area contributed by atoms with Crippen molar-refractivity contribution < 1.29 is 18.0 Å². The Morgan fingerprint density at radius 3 is 1.95 bits per heavy atom. The number of benzene rings is 3. The molecule has 3 rings (SSSR count). The summed E-state index contributed by atoms with van der Waals surface area (Å²) in [6.45, 7) is 8.52. The van der Waals surface area contributed by atoms with Gasteiger partial charge in [-0.15, -0.1) is 0 Å². The first kappa shape index (κ1) is 30.5. The topological polar surface area (TPSA) is 86.8 Å². The monoisotopic (exact) mass is 589 g/mol. The zero-order chi connectivity index (χ0) is 28.9. The third-order valence-electron chi connectivity index (χ3n) is 6.14. The maximum Gasteiger partial charge on any atom is 0.264 e. The van der Waals surface area contributed by atoms with E-state index in [0.29, 0.717) is 21.3 Å². The van der Waals surface area contributed by atoms with Crippen LogP contribution >= 0.6 is 23.2 Å². The van der Waals surface area contributed by atoms with Crippen molar-refractivity contribution in [3.05, 3.63) is 93.5 Å². The van der Waals surface area contributed by atoms with Crippen molar-refractivity contribution in [2.45, 2.75) is 58.1 Å². The normalized spacial score (nSPS) is 12.2. The lowest BCUT2D eigenvalue weighted by Gasteiger charge is -2.32. The Bertz CT molecular complexity index is 1430. The first-order valence-corrected chi connectivity index (χ1v) is 14.7. The number of anilines is 1. The number of aryl methyl sites for hydroxylation is 2. The van der Waals surface area contributed by atoms with Crippen LogP contribution in [0.4, 0.5) is 5.69 Å². The minimum atomic E-state index is -4.12. The molecule has 3 aromatic carbocycles. The lowest BCUT2D eigenvalue weighted by molar-refractivity contribution is -0.139. The number of amides is 2. The molecule has 1 atom stereocenters. The fraction of sp³-hybridized carbons (Fsp3) is 0.310. The first-order chi connectivity index (χ1) is 18.3. The number of nitrogens with one attached hydrogen (secondary N) is 1. The average molecular weight is 591 g/mol. The number of sulfonamides is 1. The summed E-state index contributed by atoms with van der Waals surface area (Å²) in [5.74, 6) is -0.912. The number of carbonyl (C=O) groups excluding carboxylic acids is 2. The van der Waals surface area contributed by atoms with Crippen molar-refractivity contribution in [3.8, 4) is 0 Å². The van der Waals surface area contributed by atoms with E-state index in [1.807, 2.05) is 27.7 Å². The predicted octanol–water partition coefficient (Wildman–Crippen LogP) is 5.75. The molecule has 0 saturated carbocycles. The second kappa shape index (κ2) is 12.9. The van der Waals surface area contributed by atoms with E-state index < -0.39 is 28.5 Å². The van der Waals surface area contributed by atoms with Gasteiger partial charge in [-0.05, 0) is 76.6 Å². The summed E-state index contributed by atoms with van der Waals surface area (Å²) >= 11 is 12.3. The zero-order valence-electron chi connectivity index (χ0n) is 22.6. The van der Waals surface area contributed by atoms with Crippen molar-refractivity contribution in [1.29, 1.82) is 0 Å². The van der Waals surface area contributed by atoms with Gasteiger partial charge < -0.3 is 10.2 Å². The largest absolute Gasteiger partial charge is 0.352 e. The maximum atomic E-state index is 13.9. The Morgan fingerprint density at radius 2 is 1.41 bits per heavy atom. The van der Waals surface area contributed by atoms with E-state index in [0.717, 1.165) is 15.4 Å². The van der Waals surface area contributed by atoms with Gasteiger partial charge in [0, 0.05) is 12.6 Å². The third kappa shape index (κ3) is 7.75. The molecule has 7 nitrogen and oxygen atoms in total. The van der Waals surface area contributed by atoms with Crippen molar-refractivity contribution in [3.63, 3.8) is 0 Å². The molecular weight excluding hydrogens is 557 g/mol. The Balaban J connectivity index is 2.04. The van der Waals surface area contributed by atoms with Gasteiger partial charge >= 0.3 is 0 Å². The smallest absolute Gasteiger partial charge is 0.264 e. The van der Waals surface area contributed by atoms with Crippen LogP contribution in [-0.2, 0) is 26.2 Å². The summed E-state index contributed by atoms with van der Waals surface area (Å²) in [5, 5.41) is 3.49. The summed E-state index contributed by atoms with van der Waals surface area (Å²) in [5.41, 5.74) is 2.83. The quantitative estimate of drug-likeness (QED) is 0.326. The fourth-order valence-electron chi connectivity index (χ4n) is 3.90. The maximum absolute atomic E-state index is 13.9. The van der Waals surface area contributed by atoms with E-state index in [1.165, 1.54) is 17.0 Å². The molecule has 1 unspecified atom stereocenters. The van der Waals surface area contributed by atoms with Crippen LogP contribution in [0.2, 0.25) is 10.0 Å². The molecule has 1 N–H and O–H groups in total. The van der Waals surface area contributed by atoms with Crippen molar-refractivity contribution in [1.82, 2.24) is 10.2 Å². The van der Waals surface area contributed by atoms with Gasteiger partial charge in [0.15, 0.2) is 0 Å². The van der Waals surface area contributed by atoms with Crippen molar-refractivity contribution >= 4 is 50.7 Å². The number of hydrogen-bond donors (Lipinski definition) is 1. The Morgan fingerprint density at radius 1 is 0.846 bits per heavy atom. The summed E-state index contributed by atoms with van der Waals surface area (Å²) < 4.78 is 28.7. The van der Waals surface area contributed by atoms with Crippen LogP contribution in [0.5, 0.6) is 0 Å². The molecule has 2 amide bonds. The molecule has 0 aliphatic heterocycles. The van der Waals surface area contributed by atoms with Gasteiger partial charge in [0.2, 0.25) is 11.8 Å². The van der Waals surface area contributed by atoms with Gasteiger partial charge in [0.05, 0.1) is 20.6 Å². The summed E-state index contributed by atoms with van der Waals surface area (Å²) in [6, 6.07) is 17.2. The highest BCUT2D eigenvalue weighted by Crippen LogP contribution is 2.27. The molecule has 0 fully saturated rings. The Hall–Kier alpha value is -3.07. The third-order valence-corrected chi connectivity index (χ3v) is 8.67. The molecule has 3 aromatic rings. The Labute approximate surface area is 240 Å². The lowest BCUT2D eigenvalue weighted by Crippen LogP contribution is -2.52. The number of nitrogens with zero attached hydrogens (tertiary/aromatic N) is 2. The van der Waals surface area contributed by atoms with Gasteiger partial charge in [0.25, 0.3) is 10.0 Å². The van der Waals surface area contributed by atoms with Crippen LogP contribution in [0.3, 0.4) is 0 Å². The molecule has 39 heavy (non-hydrogen) atoms. The molecule has 0 aliphatic carbocycles. The van der Waals surface area contributed by atoms with Crippen LogP contribution < -0.4 is 9.62 Å². The average Bonchev–Trinajstić information content (AvgIpc) is 2.87. The number of rotatable bonds is 10. The summed E-state index contributed by atoms with van der Waals surface area (Å²) in [4.78, 5) is 28.3. The van der Waals surface area contributed by atoms with E-state index in [4.69, 9.17) is 23.2 Å².